The number of anilines is 1. The van der Waals surface area contributed by atoms with E-state index in [0.29, 0.717) is 17.5 Å². The molecule has 0 aromatic carbocycles. The summed E-state index contributed by atoms with van der Waals surface area (Å²) in [5.74, 6) is 1.46. The monoisotopic (exact) mass is 313 g/mol. The Morgan fingerprint density at radius 3 is 3.05 bits per heavy atom. The lowest BCUT2D eigenvalue weighted by atomic mass is 10.0. The van der Waals surface area contributed by atoms with Gasteiger partial charge in [-0.25, -0.2) is 4.98 Å². The Hall–Kier alpha value is -1.18. The predicted molar refractivity (Wildman–Crippen MR) is 78.4 cm³/mol. The van der Waals surface area contributed by atoms with Crippen molar-refractivity contribution in [2.24, 2.45) is 5.92 Å². The number of hydrogen-bond acceptors (Lipinski definition) is 6. The quantitative estimate of drug-likeness (QED) is 0.812. The predicted octanol–water partition coefficient (Wildman–Crippen LogP) is 1.71. The number of halogens is 1. The van der Waals surface area contributed by atoms with Gasteiger partial charge in [0.2, 0.25) is 5.13 Å². The summed E-state index contributed by atoms with van der Waals surface area (Å²) in [6.07, 6.45) is 4.30. The first-order valence-corrected chi connectivity index (χ1v) is 7.64. The molecule has 3 heterocycles. The van der Waals surface area contributed by atoms with Crippen LogP contribution in [0.15, 0.2) is 12.4 Å². The van der Waals surface area contributed by atoms with Crippen LogP contribution < -0.4 is 4.90 Å². The molecule has 0 radical (unpaired) electrons. The number of aromatic nitrogens is 4. The van der Waals surface area contributed by atoms with Gasteiger partial charge in [0.05, 0.1) is 17.8 Å². The molecule has 1 aliphatic heterocycles. The average Bonchev–Trinajstić information content (AvgIpc) is 3.00. The topological polar surface area (TPSA) is 56.1 Å². The highest BCUT2D eigenvalue weighted by Crippen LogP contribution is 2.27. The van der Waals surface area contributed by atoms with Crippen molar-refractivity contribution in [3.8, 4) is 0 Å². The van der Waals surface area contributed by atoms with Crippen molar-refractivity contribution in [2.75, 3.05) is 31.7 Å². The summed E-state index contributed by atoms with van der Waals surface area (Å²) in [6, 6.07) is 0. The second-order valence-corrected chi connectivity index (χ2v) is 6.05. The van der Waals surface area contributed by atoms with E-state index in [9.17, 15) is 0 Å². The van der Waals surface area contributed by atoms with Gasteiger partial charge in [0.15, 0.2) is 0 Å². The zero-order valence-corrected chi connectivity index (χ0v) is 12.8. The Kier molecular flexibility index (Phi) is 4.18. The molecular formula is C12H16ClN5OS. The maximum atomic E-state index is 5.85. The molecule has 0 unspecified atom stereocenters. The summed E-state index contributed by atoms with van der Waals surface area (Å²) < 4.78 is 11.3. The van der Waals surface area contributed by atoms with Crippen molar-refractivity contribution in [2.45, 2.75) is 13.0 Å². The summed E-state index contributed by atoms with van der Waals surface area (Å²) >= 11 is 7.32. The van der Waals surface area contributed by atoms with Crippen LogP contribution in [0, 0.1) is 5.92 Å². The summed E-state index contributed by atoms with van der Waals surface area (Å²) in [7, 11) is 1.69. The molecule has 6 nitrogen and oxygen atoms in total. The van der Waals surface area contributed by atoms with Crippen molar-refractivity contribution in [1.29, 1.82) is 0 Å². The minimum absolute atomic E-state index is 0.595. The van der Waals surface area contributed by atoms with Gasteiger partial charge in [-0.05, 0) is 0 Å². The molecule has 2 aromatic heterocycles. The molecule has 1 saturated heterocycles. The van der Waals surface area contributed by atoms with E-state index in [-0.39, 0.29) is 0 Å². The van der Waals surface area contributed by atoms with E-state index >= 15 is 0 Å². The van der Waals surface area contributed by atoms with E-state index < -0.39 is 0 Å². The third-order valence-corrected chi connectivity index (χ3v) is 4.27. The highest BCUT2D eigenvalue weighted by molar-refractivity contribution is 7.09. The highest BCUT2D eigenvalue weighted by Gasteiger charge is 2.29. The summed E-state index contributed by atoms with van der Waals surface area (Å²) in [6.45, 7) is 3.56. The largest absolute Gasteiger partial charge is 0.384 e. The average molecular weight is 314 g/mol. The van der Waals surface area contributed by atoms with Crippen LogP contribution in [-0.2, 0) is 17.7 Å². The molecule has 3 rings (SSSR count). The first-order chi connectivity index (χ1) is 9.74. The lowest BCUT2D eigenvalue weighted by molar-refractivity contribution is 0.201. The second-order valence-electron chi connectivity index (χ2n) is 4.89. The molecule has 108 valence electrons. The second kappa shape index (κ2) is 6.07. The SMILES string of the molecule is COCCc1nsc(N2CC(Cn3cc(Cl)cn3)C2)n1. The molecule has 1 fully saturated rings. The van der Waals surface area contributed by atoms with Crippen LogP contribution in [0.4, 0.5) is 5.13 Å². The molecule has 8 heteroatoms. The van der Waals surface area contributed by atoms with Crippen LogP contribution in [0.25, 0.3) is 0 Å². The van der Waals surface area contributed by atoms with Gasteiger partial charge in [-0.15, -0.1) is 0 Å². The van der Waals surface area contributed by atoms with E-state index in [1.54, 1.807) is 13.3 Å². The van der Waals surface area contributed by atoms with Gasteiger partial charge in [-0.2, -0.15) is 9.47 Å². The minimum atomic E-state index is 0.595. The van der Waals surface area contributed by atoms with Gasteiger partial charge in [0.25, 0.3) is 0 Å². The summed E-state index contributed by atoms with van der Waals surface area (Å²) in [4.78, 5) is 6.78. The molecule has 1 aliphatic rings. The van der Waals surface area contributed by atoms with E-state index in [1.165, 1.54) is 11.5 Å². The molecule has 0 bridgehead atoms. The van der Waals surface area contributed by atoms with Crippen molar-refractivity contribution >= 4 is 28.3 Å². The normalized spacial score (nSPS) is 15.6. The van der Waals surface area contributed by atoms with Crippen molar-refractivity contribution in [3.63, 3.8) is 0 Å². The molecule has 0 amide bonds. The van der Waals surface area contributed by atoms with Crippen molar-refractivity contribution in [1.82, 2.24) is 19.1 Å². The lowest BCUT2D eigenvalue weighted by Gasteiger charge is -2.38. The van der Waals surface area contributed by atoms with Gasteiger partial charge in [-0.3, -0.25) is 4.68 Å². The highest BCUT2D eigenvalue weighted by atomic mass is 35.5. The maximum absolute atomic E-state index is 5.85. The van der Waals surface area contributed by atoms with Crippen molar-refractivity contribution in [3.05, 3.63) is 23.2 Å². The lowest BCUT2D eigenvalue weighted by Crippen LogP contribution is -2.48. The first-order valence-electron chi connectivity index (χ1n) is 6.49. The number of hydrogen-bond donors (Lipinski definition) is 0. The minimum Gasteiger partial charge on any atom is -0.384 e. The molecular weight excluding hydrogens is 298 g/mol. The Bertz CT molecular complexity index is 566. The Labute approximate surface area is 126 Å². The number of methoxy groups -OCH3 is 1. The number of rotatable bonds is 6. The maximum Gasteiger partial charge on any atom is 0.205 e. The van der Waals surface area contributed by atoms with Gasteiger partial charge in [0.1, 0.15) is 5.82 Å². The Balaban J connectivity index is 1.48. The molecule has 0 atom stereocenters. The molecule has 20 heavy (non-hydrogen) atoms. The van der Waals surface area contributed by atoms with E-state index in [1.807, 2.05) is 10.9 Å². The fourth-order valence-electron chi connectivity index (χ4n) is 2.21. The fraction of sp³-hybridized carbons (Fsp3) is 0.583. The molecule has 0 N–H and O–H groups in total. The van der Waals surface area contributed by atoms with Crippen LogP contribution in [-0.4, -0.2) is 45.9 Å². The van der Waals surface area contributed by atoms with Crippen LogP contribution in [0.2, 0.25) is 5.02 Å². The van der Waals surface area contributed by atoms with E-state index in [0.717, 1.165) is 37.0 Å². The summed E-state index contributed by atoms with van der Waals surface area (Å²) in [5.41, 5.74) is 0. The van der Waals surface area contributed by atoms with E-state index in [4.69, 9.17) is 16.3 Å². The number of nitrogens with zero attached hydrogens (tertiary/aromatic N) is 5. The van der Waals surface area contributed by atoms with Gasteiger partial charge >= 0.3 is 0 Å². The smallest absolute Gasteiger partial charge is 0.205 e. The first kappa shape index (κ1) is 13.8. The molecule has 2 aromatic rings. The Morgan fingerprint density at radius 1 is 1.50 bits per heavy atom. The van der Waals surface area contributed by atoms with Gasteiger partial charge in [0, 0.05) is 56.8 Å². The fourth-order valence-corrected chi connectivity index (χ4v) is 3.10. The summed E-state index contributed by atoms with van der Waals surface area (Å²) in [5, 5.41) is 5.89. The third kappa shape index (κ3) is 3.11. The zero-order valence-electron chi connectivity index (χ0n) is 11.2. The zero-order chi connectivity index (χ0) is 13.9. The third-order valence-electron chi connectivity index (χ3n) is 3.26. The Morgan fingerprint density at radius 2 is 2.35 bits per heavy atom. The molecule has 0 saturated carbocycles. The van der Waals surface area contributed by atoms with E-state index in [2.05, 4.69) is 19.4 Å². The van der Waals surface area contributed by atoms with Crippen molar-refractivity contribution < 1.29 is 4.74 Å². The van der Waals surface area contributed by atoms with Crippen LogP contribution in [0.3, 0.4) is 0 Å². The van der Waals surface area contributed by atoms with Crippen LogP contribution in [0.1, 0.15) is 5.82 Å². The van der Waals surface area contributed by atoms with Crippen LogP contribution >= 0.6 is 23.1 Å². The standard InChI is InChI=1S/C12H16ClN5OS/c1-19-3-2-11-15-12(20-16-11)17-5-9(6-17)7-18-8-10(13)4-14-18/h4,8-9H,2-3,5-7H2,1H3. The molecule has 0 spiro atoms. The molecule has 0 aliphatic carbocycles. The van der Waals surface area contributed by atoms with Crippen LogP contribution in [0.5, 0.6) is 0 Å². The van der Waals surface area contributed by atoms with Gasteiger partial charge < -0.3 is 9.64 Å². The van der Waals surface area contributed by atoms with Gasteiger partial charge in [-0.1, -0.05) is 11.6 Å². The number of ether oxygens (including phenoxy) is 1.